The minimum absolute atomic E-state index is 0.0239. The lowest BCUT2D eigenvalue weighted by molar-refractivity contribution is 0.0898. The Bertz CT molecular complexity index is 369. The highest BCUT2D eigenvalue weighted by atomic mass is 28.4. The van der Waals surface area contributed by atoms with Gasteiger partial charge >= 0.3 is 0 Å². The number of terminal acetylenes is 1. The molecule has 0 radical (unpaired) electrons. The van der Waals surface area contributed by atoms with Crippen molar-refractivity contribution in [1.82, 2.24) is 0 Å². The van der Waals surface area contributed by atoms with Gasteiger partial charge in [0.05, 0.1) is 6.10 Å². The molecule has 0 aliphatic rings. The Morgan fingerprint density at radius 1 is 1.14 bits per heavy atom. The summed E-state index contributed by atoms with van der Waals surface area (Å²) < 4.78 is 6.61. The smallest absolute Gasteiger partial charge is 0.200 e. The lowest BCUT2D eigenvalue weighted by Crippen LogP contribution is -2.49. The van der Waals surface area contributed by atoms with Crippen LogP contribution in [0.5, 0.6) is 0 Å². The summed E-state index contributed by atoms with van der Waals surface area (Å²) in [5, 5.41) is 10.3. The normalized spacial score (nSPS) is 16.2. The number of rotatable bonds is 9. The average molecular weight is 325 g/mol. The molecule has 0 saturated carbocycles. The van der Waals surface area contributed by atoms with Gasteiger partial charge < -0.3 is 9.53 Å². The Labute approximate surface area is 139 Å². The summed E-state index contributed by atoms with van der Waals surface area (Å²) in [6, 6.07) is 0. The van der Waals surface area contributed by atoms with Crippen LogP contribution in [-0.2, 0) is 4.43 Å². The molecule has 2 atom stereocenters. The van der Waals surface area contributed by atoms with Gasteiger partial charge in [0.2, 0.25) is 0 Å². The fourth-order valence-electron chi connectivity index (χ4n) is 3.68. The molecule has 0 rings (SSSR count). The van der Waals surface area contributed by atoms with Crippen LogP contribution in [0.2, 0.25) is 16.6 Å². The molecule has 22 heavy (non-hydrogen) atoms. The van der Waals surface area contributed by atoms with Crippen molar-refractivity contribution in [2.75, 3.05) is 6.61 Å². The molecule has 0 heterocycles. The average Bonchev–Trinajstić information content (AvgIpc) is 2.44. The standard InChI is InChI=1S/C19H36O2Si/c1-10-17(9)12-18(19(20)11-2)13-21-22(14(3)4,15(5)6)16(7)8/h1,12,14-16,18-20H,11,13H2,2-9H3/b17-12+/t18-,19-/m1/s1. The van der Waals surface area contributed by atoms with Crippen molar-refractivity contribution in [3.8, 4) is 12.3 Å². The van der Waals surface area contributed by atoms with Gasteiger partial charge in [-0.1, -0.05) is 60.5 Å². The molecule has 1 N–H and O–H groups in total. The van der Waals surface area contributed by atoms with E-state index in [1.807, 2.05) is 19.9 Å². The third-order valence-corrected chi connectivity index (χ3v) is 10.9. The fraction of sp³-hybridized carbons (Fsp3) is 0.789. The van der Waals surface area contributed by atoms with E-state index in [4.69, 9.17) is 10.8 Å². The Balaban J connectivity index is 5.34. The molecule has 0 aromatic carbocycles. The van der Waals surface area contributed by atoms with Gasteiger partial charge in [-0.3, -0.25) is 0 Å². The second-order valence-corrected chi connectivity index (χ2v) is 12.7. The van der Waals surface area contributed by atoms with E-state index in [-0.39, 0.29) is 5.92 Å². The first kappa shape index (κ1) is 21.4. The molecule has 0 bridgehead atoms. The second-order valence-electron chi connectivity index (χ2n) is 7.26. The fourth-order valence-corrected chi connectivity index (χ4v) is 9.16. The zero-order valence-corrected chi connectivity index (χ0v) is 16.8. The van der Waals surface area contributed by atoms with Crippen molar-refractivity contribution in [3.05, 3.63) is 11.6 Å². The minimum atomic E-state index is -1.90. The number of aliphatic hydroxyl groups is 1. The Morgan fingerprint density at radius 2 is 1.59 bits per heavy atom. The summed E-state index contributed by atoms with van der Waals surface area (Å²) >= 11 is 0. The van der Waals surface area contributed by atoms with Crippen molar-refractivity contribution in [3.63, 3.8) is 0 Å². The number of aliphatic hydroxyl groups excluding tert-OH is 1. The molecule has 0 unspecified atom stereocenters. The van der Waals surface area contributed by atoms with Crippen LogP contribution in [0.15, 0.2) is 11.6 Å². The molecule has 0 saturated heterocycles. The molecule has 0 spiro atoms. The maximum atomic E-state index is 10.3. The monoisotopic (exact) mass is 324 g/mol. The molecule has 2 nitrogen and oxygen atoms in total. The molecular formula is C19H36O2Si. The third-order valence-electron chi connectivity index (χ3n) is 4.84. The molecule has 3 heteroatoms. The van der Waals surface area contributed by atoms with E-state index in [1.54, 1.807) is 0 Å². The number of allylic oxidation sites excluding steroid dienone is 1. The van der Waals surface area contributed by atoms with Crippen molar-refractivity contribution < 1.29 is 9.53 Å². The summed E-state index contributed by atoms with van der Waals surface area (Å²) in [5.74, 6) is 2.62. The molecule has 128 valence electrons. The van der Waals surface area contributed by atoms with Gasteiger partial charge in [0.1, 0.15) is 0 Å². The van der Waals surface area contributed by atoms with Crippen LogP contribution < -0.4 is 0 Å². The Kier molecular flexibility index (Phi) is 9.30. The number of hydrogen-bond donors (Lipinski definition) is 1. The lowest BCUT2D eigenvalue weighted by atomic mass is 9.99. The summed E-state index contributed by atoms with van der Waals surface area (Å²) in [6.45, 7) is 18.1. The molecule has 0 amide bonds. The third kappa shape index (κ3) is 5.26. The van der Waals surface area contributed by atoms with Crippen LogP contribution >= 0.6 is 0 Å². The van der Waals surface area contributed by atoms with E-state index in [2.05, 4.69) is 47.5 Å². The Morgan fingerprint density at radius 3 is 1.91 bits per heavy atom. The summed E-state index contributed by atoms with van der Waals surface area (Å²) in [6.07, 6.45) is 7.76. The van der Waals surface area contributed by atoms with E-state index < -0.39 is 14.4 Å². The topological polar surface area (TPSA) is 29.5 Å². The first-order valence-corrected chi connectivity index (χ1v) is 10.7. The first-order chi connectivity index (χ1) is 10.1. The minimum Gasteiger partial charge on any atom is -0.415 e. The highest BCUT2D eigenvalue weighted by Gasteiger charge is 2.45. The highest BCUT2D eigenvalue weighted by Crippen LogP contribution is 2.42. The summed E-state index contributed by atoms with van der Waals surface area (Å²) in [5.41, 5.74) is 2.51. The quantitative estimate of drug-likeness (QED) is 0.470. The summed E-state index contributed by atoms with van der Waals surface area (Å²) in [4.78, 5) is 0. The van der Waals surface area contributed by atoms with Crippen molar-refractivity contribution in [2.24, 2.45) is 5.92 Å². The molecule has 0 fully saturated rings. The lowest BCUT2D eigenvalue weighted by Gasteiger charge is -2.43. The first-order valence-electron chi connectivity index (χ1n) is 8.60. The van der Waals surface area contributed by atoms with Gasteiger partial charge in [0.15, 0.2) is 8.32 Å². The zero-order chi connectivity index (χ0) is 17.5. The summed E-state index contributed by atoms with van der Waals surface area (Å²) in [7, 11) is -1.90. The van der Waals surface area contributed by atoms with Crippen molar-refractivity contribution >= 4 is 8.32 Å². The van der Waals surface area contributed by atoms with Crippen LogP contribution in [0.1, 0.15) is 61.8 Å². The van der Waals surface area contributed by atoms with Gasteiger partial charge in [-0.15, -0.1) is 6.42 Å². The second kappa shape index (κ2) is 9.55. The number of hydrogen-bond acceptors (Lipinski definition) is 2. The van der Waals surface area contributed by atoms with Crippen LogP contribution in [0.3, 0.4) is 0 Å². The molecule has 0 aliphatic carbocycles. The van der Waals surface area contributed by atoms with Gasteiger partial charge in [-0.25, -0.2) is 0 Å². The van der Waals surface area contributed by atoms with E-state index in [0.29, 0.717) is 29.7 Å². The predicted molar refractivity (Wildman–Crippen MR) is 99.4 cm³/mol. The maximum Gasteiger partial charge on any atom is 0.200 e. The molecular weight excluding hydrogens is 288 g/mol. The van der Waals surface area contributed by atoms with Crippen LogP contribution in [0.25, 0.3) is 0 Å². The van der Waals surface area contributed by atoms with E-state index in [9.17, 15) is 5.11 Å². The van der Waals surface area contributed by atoms with Gasteiger partial charge in [-0.2, -0.15) is 0 Å². The molecule has 0 aliphatic heterocycles. The van der Waals surface area contributed by atoms with Gasteiger partial charge in [0, 0.05) is 12.5 Å². The zero-order valence-electron chi connectivity index (χ0n) is 15.8. The van der Waals surface area contributed by atoms with Crippen molar-refractivity contribution in [1.29, 1.82) is 0 Å². The van der Waals surface area contributed by atoms with Crippen LogP contribution in [0.4, 0.5) is 0 Å². The van der Waals surface area contributed by atoms with E-state index in [0.717, 1.165) is 5.57 Å². The molecule has 0 aromatic heterocycles. The van der Waals surface area contributed by atoms with Crippen LogP contribution in [-0.4, -0.2) is 26.1 Å². The van der Waals surface area contributed by atoms with Crippen LogP contribution in [0, 0.1) is 18.3 Å². The maximum absolute atomic E-state index is 10.3. The largest absolute Gasteiger partial charge is 0.415 e. The highest BCUT2D eigenvalue weighted by molar-refractivity contribution is 6.77. The van der Waals surface area contributed by atoms with E-state index >= 15 is 0 Å². The van der Waals surface area contributed by atoms with Crippen molar-refractivity contribution in [2.45, 2.75) is 84.5 Å². The van der Waals surface area contributed by atoms with Gasteiger partial charge in [0.25, 0.3) is 0 Å². The predicted octanol–water partition coefficient (Wildman–Crippen LogP) is 5.15. The van der Waals surface area contributed by atoms with Gasteiger partial charge in [-0.05, 0) is 35.5 Å². The Hall–Kier alpha value is -0.563. The molecule has 0 aromatic rings. The SMILES string of the molecule is C#C/C(C)=C/[C@H](CO[Si](C(C)C)(C(C)C)C(C)C)[C@H](O)CC. The van der Waals surface area contributed by atoms with E-state index in [1.165, 1.54) is 0 Å².